The van der Waals surface area contributed by atoms with Crippen molar-refractivity contribution in [1.29, 1.82) is 0 Å². The molecule has 0 spiro atoms. The van der Waals surface area contributed by atoms with Gasteiger partial charge in [-0.05, 0) is 70.6 Å². The lowest BCUT2D eigenvalue weighted by atomic mass is 10.0. The first kappa shape index (κ1) is 72.1. The normalized spacial score (nSPS) is 12.8. The predicted octanol–water partition coefficient (Wildman–Crippen LogP) is 21.1. The van der Waals surface area contributed by atoms with Crippen LogP contribution in [0.3, 0.4) is 0 Å². The van der Waals surface area contributed by atoms with E-state index in [2.05, 4.69) is 55.6 Å². The van der Waals surface area contributed by atoms with Crippen LogP contribution in [-0.4, -0.2) is 47.4 Å². The number of aliphatic hydroxyl groups is 2. The molecule has 0 fully saturated rings. The Morgan fingerprint density at radius 2 is 0.676 bits per heavy atom. The summed E-state index contributed by atoms with van der Waals surface area (Å²) in [6.07, 6.45) is 80.4. The summed E-state index contributed by atoms with van der Waals surface area (Å²) >= 11 is 0. The van der Waals surface area contributed by atoms with Crippen molar-refractivity contribution in [3.8, 4) is 0 Å². The molecule has 0 rings (SSSR count). The van der Waals surface area contributed by atoms with Crippen LogP contribution in [0.1, 0.15) is 361 Å². The Morgan fingerprint density at radius 1 is 0.378 bits per heavy atom. The number of unbranched alkanes of at least 4 members (excludes halogenated alkanes) is 45. The second-order valence-electron chi connectivity index (χ2n) is 22.8. The van der Waals surface area contributed by atoms with Gasteiger partial charge in [0.05, 0.1) is 25.4 Å². The Hall–Kier alpha value is -1.92. The van der Waals surface area contributed by atoms with Gasteiger partial charge in [-0.15, -0.1) is 0 Å². The number of hydrogen-bond acceptors (Lipinski definition) is 5. The highest BCUT2D eigenvalue weighted by molar-refractivity contribution is 5.76. The number of hydrogen-bond donors (Lipinski definition) is 3. The Kier molecular flexibility index (Phi) is 62.0. The minimum atomic E-state index is -0.670. The van der Waals surface area contributed by atoms with E-state index in [1.165, 1.54) is 276 Å². The van der Waals surface area contributed by atoms with Gasteiger partial charge in [0.25, 0.3) is 0 Å². The number of ether oxygens (including phenoxy) is 1. The summed E-state index contributed by atoms with van der Waals surface area (Å²) < 4.78 is 5.40. The van der Waals surface area contributed by atoms with Crippen LogP contribution in [0.4, 0.5) is 0 Å². The van der Waals surface area contributed by atoms with Gasteiger partial charge in [-0.1, -0.05) is 314 Å². The van der Waals surface area contributed by atoms with E-state index in [4.69, 9.17) is 4.74 Å². The molecular weight excluding hydrogens is 911 g/mol. The van der Waals surface area contributed by atoms with Crippen molar-refractivity contribution < 1.29 is 24.5 Å². The summed E-state index contributed by atoms with van der Waals surface area (Å²) in [5, 5.41) is 23.4. The van der Waals surface area contributed by atoms with Crippen LogP contribution < -0.4 is 5.32 Å². The highest BCUT2D eigenvalue weighted by atomic mass is 16.5. The van der Waals surface area contributed by atoms with E-state index in [0.717, 1.165) is 51.4 Å². The molecule has 0 saturated heterocycles. The maximum absolute atomic E-state index is 12.5. The van der Waals surface area contributed by atoms with Crippen molar-refractivity contribution in [2.45, 2.75) is 373 Å². The van der Waals surface area contributed by atoms with E-state index in [0.29, 0.717) is 25.9 Å². The smallest absolute Gasteiger partial charge is 0.305 e. The SMILES string of the molecule is CCCCC/C=C\CCCCCCCC(=O)OCC/C=C\C/C=C\CCCCCCCCCCCCCCCCC(=O)NC(CO)C(O)CCCCCCCCCCCCCCCCCCCCCCCCCC. The lowest BCUT2D eigenvalue weighted by Crippen LogP contribution is -2.45. The molecule has 1 amide bonds. The number of allylic oxidation sites excluding steroid dienone is 5. The van der Waals surface area contributed by atoms with E-state index < -0.39 is 12.1 Å². The molecule has 0 heterocycles. The van der Waals surface area contributed by atoms with E-state index in [1.54, 1.807) is 0 Å². The largest absolute Gasteiger partial charge is 0.465 e. The average Bonchev–Trinajstić information content (AvgIpc) is 3.40. The zero-order valence-corrected chi connectivity index (χ0v) is 49.8. The van der Waals surface area contributed by atoms with Crippen LogP contribution in [0.25, 0.3) is 0 Å². The van der Waals surface area contributed by atoms with E-state index >= 15 is 0 Å². The first-order valence-corrected chi connectivity index (χ1v) is 33.2. The molecule has 6 heteroatoms. The molecule has 74 heavy (non-hydrogen) atoms. The first-order valence-electron chi connectivity index (χ1n) is 33.2. The van der Waals surface area contributed by atoms with E-state index in [-0.39, 0.29) is 18.5 Å². The molecule has 0 radical (unpaired) electrons. The maximum Gasteiger partial charge on any atom is 0.305 e. The van der Waals surface area contributed by atoms with Gasteiger partial charge < -0.3 is 20.3 Å². The van der Waals surface area contributed by atoms with Crippen LogP contribution in [0.5, 0.6) is 0 Å². The predicted molar refractivity (Wildman–Crippen MR) is 324 cm³/mol. The topological polar surface area (TPSA) is 95.9 Å². The van der Waals surface area contributed by atoms with Crippen molar-refractivity contribution in [1.82, 2.24) is 5.32 Å². The third kappa shape index (κ3) is 59.3. The molecule has 0 bridgehead atoms. The van der Waals surface area contributed by atoms with Crippen LogP contribution >= 0.6 is 0 Å². The summed E-state index contributed by atoms with van der Waals surface area (Å²) in [7, 11) is 0. The zero-order valence-electron chi connectivity index (χ0n) is 49.8. The van der Waals surface area contributed by atoms with Crippen molar-refractivity contribution >= 4 is 11.9 Å². The molecule has 0 aliphatic heterocycles. The number of nitrogens with one attached hydrogen (secondary N) is 1. The molecule has 3 N–H and O–H groups in total. The van der Waals surface area contributed by atoms with Crippen molar-refractivity contribution in [2.24, 2.45) is 0 Å². The fraction of sp³-hybridized carbons (Fsp3) is 0.882. The molecule has 0 aromatic heterocycles. The number of amides is 1. The summed E-state index contributed by atoms with van der Waals surface area (Å²) in [4.78, 5) is 24.5. The summed E-state index contributed by atoms with van der Waals surface area (Å²) in [6, 6.07) is -0.547. The molecule has 2 unspecified atom stereocenters. The molecule has 436 valence electrons. The van der Waals surface area contributed by atoms with Gasteiger partial charge >= 0.3 is 5.97 Å². The summed E-state index contributed by atoms with van der Waals surface area (Å²) in [6.45, 7) is 4.84. The number of rotatable bonds is 62. The maximum atomic E-state index is 12.5. The lowest BCUT2D eigenvalue weighted by Gasteiger charge is -2.22. The van der Waals surface area contributed by atoms with Gasteiger partial charge in [0, 0.05) is 12.8 Å². The highest BCUT2D eigenvalue weighted by Crippen LogP contribution is 2.18. The minimum Gasteiger partial charge on any atom is -0.465 e. The summed E-state index contributed by atoms with van der Waals surface area (Å²) in [5.74, 6) is -0.0810. The monoisotopic (exact) mass is 1040 g/mol. The van der Waals surface area contributed by atoms with Gasteiger partial charge in [-0.3, -0.25) is 9.59 Å². The Morgan fingerprint density at radius 3 is 1.07 bits per heavy atom. The second-order valence-corrected chi connectivity index (χ2v) is 22.8. The van der Waals surface area contributed by atoms with Crippen molar-refractivity contribution in [3.63, 3.8) is 0 Å². The van der Waals surface area contributed by atoms with Gasteiger partial charge in [-0.25, -0.2) is 0 Å². The number of carbonyl (C=O) groups is 2. The molecular formula is C68H129NO5. The minimum absolute atomic E-state index is 0.0361. The fourth-order valence-corrected chi connectivity index (χ4v) is 10.4. The molecule has 2 atom stereocenters. The van der Waals surface area contributed by atoms with Gasteiger partial charge in [0.15, 0.2) is 0 Å². The first-order chi connectivity index (χ1) is 36.5. The van der Waals surface area contributed by atoms with Crippen LogP contribution in [0, 0.1) is 0 Å². The number of esters is 1. The standard InChI is InChI=1S/C68H129NO5/c1-3-5-7-9-11-13-15-17-18-19-20-21-22-23-25-28-31-34-37-40-44-48-52-56-60-66(71)65(64-70)69-67(72)61-57-53-49-45-41-38-35-32-29-26-24-27-30-33-36-39-43-47-51-55-59-63-74-68(73)62-58-54-50-46-42-16-14-12-10-8-6-4-2/h12,14,39,43,51,55,65-66,70-71H,3-11,13,15-38,40-42,44-50,52-54,56-64H2,1-2H3,(H,69,72)/b14-12-,43-39-,55-51-. The zero-order chi connectivity index (χ0) is 53.6. The fourth-order valence-electron chi connectivity index (χ4n) is 10.4. The Bertz CT molecular complexity index is 1200. The van der Waals surface area contributed by atoms with Crippen LogP contribution in [-0.2, 0) is 14.3 Å². The summed E-state index contributed by atoms with van der Waals surface area (Å²) in [5.41, 5.74) is 0. The highest BCUT2D eigenvalue weighted by Gasteiger charge is 2.20. The number of aliphatic hydroxyl groups excluding tert-OH is 2. The molecule has 0 aromatic rings. The van der Waals surface area contributed by atoms with Gasteiger partial charge in [0.1, 0.15) is 0 Å². The van der Waals surface area contributed by atoms with Crippen LogP contribution in [0.2, 0.25) is 0 Å². The quantitative estimate of drug-likeness (QED) is 0.0320. The van der Waals surface area contributed by atoms with Gasteiger partial charge in [0.2, 0.25) is 5.91 Å². The van der Waals surface area contributed by atoms with Crippen molar-refractivity contribution in [2.75, 3.05) is 13.2 Å². The number of carbonyl (C=O) groups excluding carboxylic acids is 2. The van der Waals surface area contributed by atoms with E-state index in [9.17, 15) is 19.8 Å². The molecule has 0 aliphatic rings. The Labute approximate surface area is 462 Å². The van der Waals surface area contributed by atoms with Gasteiger partial charge in [-0.2, -0.15) is 0 Å². The molecule has 0 aliphatic carbocycles. The third-order valence-corrected chi connectivity index (χ3v) is 15.4. The second kappa shape index (κ2) is 63.6. The lowest BCUT2D eigenvalue weighted by molar-refractivity contribution is -0.143. The van der Waals surface area contributed by atoms with Crippen LogP contribution in [0.15, 0.2) is 36.5 Å². The van der Waals surface area contributed by atoms with E-state index in [1.807, 2.05) is 0 Å². The molecule has 0 saturated carbocycles. The average molecular weight is 1040 g/mol. The Balaban J connectivity index is 3.45. The molecule has 6 nitrogen and oxygen atoms in total. The molecule has 0 aromatic carbocycles. The van der Waals surface area contributed by atoms with Crippen molar-refractivity contribution in [3.05, 3.63) is 36.5 Å². The third-order valence-electron chi connectivity index (χ3n) is 15.4.